The number of rotatable bonds is 9. The number of carbonyl (C=O) groups excluding carboxylic acids is 1. The van der Waals surface area contributed by atoms with Gasteiger partial charge in [-0.3, -0.25) is 9.69 Å². The van der Waals surface area contributed by atoms with E-state index >= 15 is 0 Å². The van der Waals surface area contributed by atoms with Crippen molar-refractivity contribution in [2.45, 2.75) is 38.3 Å². The topological polar surface area (TPSA) is 84.7 Å². The van der Waals surface area contributed by atoms with Gasteiger partial charge in [0.05, 0.1) is 12.0 Å². The van der Waals surface area contributed by atoms with Crippen LogP contribution in [0.3, 0.4) is 0 Å². The lowest BCUT2D eigenvalue weighted by Crippen LogP contribution is -2.41. The van der Waals surface area contributed by atoms with E-state index in [1.165, 1.54) is 4.90 Å². The summed E-state index contributed by atoms with van der Waals surface area (Å²) in [5.41, 5.74) is 2.53. The molecule has 4 aromatic rings. The van der Waals surface area contributed by atoms with Gasteiger partial charge in [0.15, 0.2) is 0 Å². The van der Waals surface area contributed by atoms with Crippen molar-refractivity contribution in [2.75, 3.05) is 13.1 Å². The van der Waals surface area contributed by atoms with Gasteiger partial charge in [-0.05, 0) is 37.5 Å². The number of aliphatic carboxylic acids is 1. The van der Waals surface area contributed by atoms with Crippen LogP contribution in [0.15, 0.2) is 104 Å². The highest BCUT2D eigenvalue weighted by molar-refractivity contribution is 5.76. The van der Waals surface area contributed by atoms with Gasteiger partial charge in [-0.1, -0.05) is 91.0 Å². The zero-order valence-electron chi connectivity index (χ0n) is 21.9. The van der Waals surface area contributed by atoms with Crippen molar-refractivity contribution in [2.24, 2.45) is 0 Å². The Hall–Kier alpha value is -4.39. The Bertz CT molecular complexity index is 1250. The summed E-state index contributed by atoms with van der Waals surface area (Å²) in [4.78, 5) is 30.0. The maximum absolute atomic E-state index is 12.6. The summed E-state index contributed by atoms with van der Waals surface area (Å²) in [6.45, 7) is 4.97. The molecule has 7 heteroatoms. The summed E-state index contributed by atoms with van der Waals surface area (Å²) in [6.07, 6.45) is 3.48. The highest BCUT2D eigenvalue weighted by Gasteiger charge is 2.38. The van der Waals surface area contributed by atoms with Gasteiger partial charge in [-0.25, -0.2) is 9.78 Å². The van der Waals surface area contributed by atoms with E-state index in [-0.39, 0.29) is 6.54 Å². The molecular formula is C31H33N3O4. The summed E-state index contributed by atoms with van der Waals surface area (Å²) < 4.78 is 7.51. The summed E-state index contributed by atoms with van der Waals surface area (Å²) in [7, 11) is 0. The van der Waals surface area contributed by atoms with Crippen LogP contribution in [0.4, 0.5) is 4.79 Å². The lowest BCUT2D eigenvalue weighted by Gasteiger charge is -2.37. The van der Waals surface area contributed by atoms with Crippen molar-refractivity contribution in [3.05, 3.63) is 126 Å². The normalized spacial score (nSPS) is 11.7. The first-order valence-electron chi connectivity index (χ1n) is 12.6. The monoisotopic (exact) mass is 511 g/mol. The number of carbonyl (C=O) groups is 2. The second-order valence-corrected chi connectivity index (χ2v) is 10.1. The standard InChI is InChI=1S/C31H33N3O4/c1-30(2,3)38-29(37)33(22-28(35)36)20-19-27-21-34(23-32-27)31(24-13-7-4-8-14-24,25-15-9-5-10-16-25)26-17-11-6-12-18-26/h4-18,21,23H,19-20,22H2,1-3H3,(H,35,36). The SMILES string of the molecule is CC(C)(C)OC(=O)N(CCc1cn(C(c2ccccc2)(c2ccccc2)c2ccccc2)cn1)CC(=O)O. The fourth-order valence-electron chi connectivity index (χ4n) is 4.64. The van der Waals surface area contributed by atoms with Gasteiger partial charge in [-0.2, -0.15) is 0 Å². The minimum Gasteiger partial charge on any atom is -0.480 e. The molecular weight excluding hydrogens is 478 g/mol. The van der Waals surface area contributed by atoms with Crippen molar-refractivity contribution in [3.63, 3.8) is 0 Å². The molecule has 196 valence electrons. The van der Waals surface area contributed by atoms with Crippen LogP contribution in [0.25, 0.3) is 0 Å². The summed E-state index contributed by atoms with van der Waals surface area (Å²) in [5, 5.41) is 9.35. The van der Waals surface area contributed by atoms with Gasteiger partial charge in [0.2, 0.25) is 0 Å². The number of hydrogen-bond acceptors (Lipinski definition) is 4. The van der Waals surface area contributed by atoms with Crippen LogP contribution >= 0.6 is 0 Å². The third-order valence-electron chi connectivity index (χ3n) is 6.21. The van der Waals surface area contributed by atoms with Crippen molar-refractivity contribution >= 4 is 12.1 Å². The summed E-state index contributed by atoms with van der Waals surface area (Å²) in [6, 6.07) is 30.8. The molecule has 0 fully saturated rings. The lowest BCUT2D eigenvalue weighted by molar-refractivity contribution is -0.138. The largest absolute Gasteiger partial charge is 0.480 e. The van der Waals surface area contributed by atoms with E-state index in [2.05, 4.69) is 45.9 Å². The van der Waals surface area contributed by atoms with E-state index in [1.54, 1.807) is 27.1 Å². The Kier molecular flexibility index (Phi) is 7.96. The number of benzene rings is 3. The molecule has 1 heterocycles. The highest BCUT2D eigenvalue weighted by atomic mass is 16.6. The molecule has 0 aliphatic rings. The van der Waals surface area contributed by atoms with Crippen LogP contribution in [0.1, 0.15) is 43.2 Å². The number of carboxylic acid groups (broad SMARTS) is 1. The third-order valence-corrected chi connectivity index (χ3v) is 6.21. The molecule has 0 unspecified atom stereocenters. The van der Waals surface area contributed by atoms with Gasteiger partial charge < -0.3 is 14.4 Å². The molecule has 4 rings (SSSR count). The van der Waals surface area contributed by atoms with Crippen LogP contribution < -0.4 is 0 Å². The smallest absolute Gasteiger partial charge is 0.410 e. The molecule has 0 aliphatic carbocycles. The maximum Gasteiger partial charge on any atom is 0.410 e. The average molecular weight is 512 g/mol. The highest BCUT2D eigenvalue weighted by Crippen LogP contribution is 2.40. The molecule has 0 spiro atoms. The number of hydrogen-bond donors (Lipinski definition) is 1. The number of carboxylic acids is 1. The molecule has 0 saturated carbocycles. The van der Waals surface area contributed by atoms with E-state index in [4.69, 9.17) is 4.74 Å². The molecule has 38 heavy (non-hydrogen) atoms. The summed E-state index contributed by atoms with van der Waals surface area (Å²) >= 11 is 0. The molecule has 0 aliphatic heterocycles. The first-order chi connectivity index (χ1) is 18.2. The van der Waals surface area contributed by atoms with Crippen molar-refractivity contribution in [1.82, 2.24) is 14.5 Å². The Morgan fingerprint density at radius 3 is 1.74 bits per heavy atom. The average Bonchev–Trinajstić information content (AvgIpc) is 3.37. The zero-order chi connectivity index (χ0) is 27.2. The number of nitrogens with zero attached hydrogens (tertiary/aromatic N) is 3. The van der Waals surface area contributed by atoms with Crippen LogP contribution in [-0.2, 0) is 21.5 Å². The fourth-order valence-corrected chi connectivity index (χ4v) is 4.64. The first-order valence-corrected chi connectivity index (χ1v) is 12.6. The molecule has 0 bridgehead atoms. The van der Waals surface area contributed by atoms with Crippen LogP contribution in [0, 0.1) is 0 Å². The Morgan fingerprint density at radius 2 is 1.32 bits per heavy atom. The van der Waals surface area contributed by atoms with Gasteiger partial charge in [0.1, 0.15) is 17.7 Å². The summed E-state index contributed by atoms with van der Waals surface area (Å²) in [5.74, 6) is -1.10. The van der Waals surface area contributed by atoms with Crippen molar-refractivity contribution in [3.8, 4) is 0 Å². The zero-order valence-corrected chi connectivity index (χ0v) is 21.9. The number of imidazole rings is 1. The quantitative estimate of drug-likeness (QED) is 0.296. The van der Waals surface area contributed by atoms with Crippen LogP contribution in [0.2, 0.25) is 0 Å². The fraction of sp³-hybridized carbons (Fsp3) is 0.258. The van der Waals surface area contributed by atoms with Crippen molar-refractivity contribution < 1.29 is 19.4 Å². The molecule has 3 aromatic carbocycles. The molecule has 0 atom stereocenters. The molecule has 1 aromatic heterocycles. The van der Waals surface area contributed by atoms with E-state index in [9.17, 15) is 14.7 Å². The molecule has 0 radical (unpaired) electrons. The van der Waals surface area contributed by atoms with Gasteiger partial charge in [0, 0.05) is 19.2 Å². The second-order valence-electron chi connectivity index (χ2n) is 10.1. The Morgan fingerprint density at radius 1 is 0.842 bits per heavy atom. The van der Waals surface area contributed by atoms with Gasteiger partial charge >= 0.3 is 12.1 Å². The van der Waals surface area contributed by atoms with E-state index in [1.807, 2.05) is 60.8 Å². The Labute approximate surface area is 223 Å². The van der Waals surface area contributed by atoms with E-state index < -0.39 is 29.7 Å². The molecule has 7 nitrogen and oxygen atoms in total. The molecule has 1 N–H and O–H groups in total. The van der Waals surface area contributed by atoms with Crippen LogP contribution in [0.5, 0.6) is 0 Å². The molecule has 0 saturated heterocycles. The Balaban J connectivity index is 1.74. The van der Waals surface area contributed by atoms with E-state index in [0.717, 1.165) is 22.4 Å². The number of ether oxygens (including phenoxy) is 1. The minimum atomic E-state index is -1.10. The lowest BCUT2D eigenvalue weighted by atomic mass is 9.77. The molecule has 1 amide bonds. The van der Waals surface area contributed by atoms with E-state index in [0.29, 0.717) is 6.42 Å². The third kappa shape index (κ3) is 5.94. The second kappa shape index (κ2) is 11.3. The predicted molar refractivity (Wildman–Crippen MR) is 146 cm³/mol. The first kappa shape index (κ1) is 26.7. The van der Waals surface area contributed by atoms with Gasteiger partial charge in [-0.15, -0.1) is 0 Å². The van der Waals surface area contributed by atoms with Gasteiger partial charge in [0.25, 0.3) is 0 Å². The maximum atomic E-state index is 12.6. The number of amides is 1. The number of aromatic nitrogens is 2. The van der Waals surface area contributed by atoms with Crippen LogP contribution in [-0.4, -0.2) is 50.3 Å². The van der Waals surface area contributed by atoms with Crippen molar-refractivity contribution in [1.29, 1.82) is 0 Å². The minimum absolute atomic E-state index is 0.160. The predicted octanol–water partition coefficient (Wildman–Crippen LogP) is 5.59.